The number of fused-ring (bicyclic) bond motifs is 3. The third-order valence-corrected chi connectivity index (χ3v) is 6.70. The van der Waals surface area contributed by atoms with Crippen molar-refractivity contribution < 1.29 is 19.1 Å². The van der Waals surface area contributed by atoms with Crippen LogP contribution in [0.5, 0.6) is 11.5 Å². The van der Waals surface area contributed by atoms with Gasteiger partial charge < -0.3 is 14.4 Å². The summed E-state index contributed by atoms with van der Waals surface area (Å²) in [5.41, 5.74) is 3.33. The van der Waals surface area contributed by atoms with Gasteiger partial charge in [-0.05, 0) is 44.1 Å². The second-order valence-electron chi connectivity index (χ2n) is 9.28. The zero-order chi connectivity index (χ0) is 22.7. The number of benzene rings is 2. The maximum absolute atomic E-state index is 12.2. The summed E-state index contributed by atoms with van der Waals surface area (Å²) in [7, 11) is 2.07. The number of anilines is 1. The zero-order valence-electron chi connectivity index (χ0n) is 19.3. The number of aryl methyl sites for hydroxylation is 1. The highest BCUT2D eigenvalue weighted by molar-refractivity contribution is 5.82. The molecule has 2 aromatic rings. The van der Waals surface area contributed by atoms with E-state index in [1.807, 2.05) is 18.2 Å². The molecule has 0 amide bonds. The highest BCUT2D eigenvalue weighted by atomic mass is 16.5. The number of nitrogens with zero attached hydrogens (tertiary/aromatic N) is 1. The average molecular weight is 436 g/mol. The monoisotopic (exact) mass is 435 g/mol. The van der Waals surface area contributed by atoms with Gasteiger partial charge in [0, 0.05) is 62.7 Å². The van der Waals surface area contributed by atoms with Crippen LogP contribution in [0.2, 0.25) is 0 Å². The number of hydrogen-bond acceptors (Lipinski definition) is 5. The van der Waals surface area contributed by atoms with Crippen LogP contribution in [0.15, 0.2) is 42.5 Å². The van der Waals surface area contributed by atoms with Crippen LogP contribution in [-0.4, -0.2) is 31.4 Å². The molecule has 32 heavy (non-hydrogen) atoms. The van der Waals surface area contributed by atoms with Gasteiger partial charge in [-0.2, -0.15) is 0 Å². The molecule has 1 heterocycles. The Morgan fingerprint density at radius 2 is 2.00 bits per heavy atom. The standard InChI is InChI=1S/C27H33NO4/c1-18(8-7-11-20-9-5-4-6-10-20)31-23-15-25-27(26(16-23)32-19(2)29)24-14-22(30)13-12-21(24)17-28(25)3/h4-6,9-10,15-16,18,21,24H,7-8,11-14,17H2,1-3H3/t18?,21-,24-/m0/s1. The number of rotatable bonds is 7. The Bertz CT molecular complexity index is 971. The summed E-state index contributed by atoms with van der Waals surface area (Å²) in [6.45, 7) is 4.40. The Morgan fingerprint density at radius 3 is 2.75 bits per heavy atom. The minimum atomic E-state index is -0.354. The molecule has 5 nitrogen and oxygen atoms in total. The molecule has 2 aromatic carbocycles. The third-order valence-electron chi connectivity index (χ3n) is 6.70. The minimum absolute atomic E-state index is 0.0415. The molecule has 4 rings (SSSR count). The van der Waals surface area contributed by atoms with Crippen LogP contribution in [0.3, 0.4) is 0 Å². The van der Waals surface area contributed by atoms with Crippen molar-refractivity contribution in [1.82, 2.24) is 0 Å². The molecule has 3 atom stereocenters. The van der Waals surface area contributed by atoms with Gasteiger partial charge in [0.05, 0.1) is 6.10 Å². The van der Waals surface area contributed by atoms with Crippen LogP contribution in [0.4, 0.5) is 5.69 Å². The van der Waals surface area contributed by atoms with E-state index in [0.29, 0.717) is 36.0 Å². The Kier molecular flexibility index (Phi) is 6.83. The predicted molar refractivity (Wildman–Crippen MR) is 126 cm³/mol. The predicted octanol–water partition coefficient (Wildman–Crippen LogP) is 5.30. The van der Waals surface area contributed by atoms with E-state index < -0.39 is 0 Å². The molecule has 1 aliphatic carbocycles. The first-order chi connectivity index (χ1) is 15.4. The van der Waals surface area contributed by atoms with Gasteiger partial charge in [0.15, 0.2) is 0 Å². The second-order valence-corrected chi connectivity index (χ2v) is 9.28. The van der Waals surface area contributed by atoms with Crippen molar-refractivity contribution in [2.24, 2.45) is 5.92 Å². The SMILES string of the molecule is CC(=O)Oc1cc(OC(C)CCCc2ccccc2)cc2c1[C@H]1CC(=O)CC[C@H]1CN2C. The molecule has 5 heteroatoms. The van der Waals surface area contributed by atoms with Gasteiger partial charge in [-0.25, -0.2) is 0 Å². The summed E-state index contributed by atoms with van der Waals surface area (Å²) in [6.07, 6.45) is 5.11. The molecule has 0 radical (unpaired) electrons. The largest absolute Gasteiger partial charge is 0.491 e. The lowest BCUT2D eigenvalue weighted by molar-refractivity contribution is -0.131. The van der Waals surface area contributed by atoms with Gasteiger partial charge in [0.25, 0.3) is 0 Å². The fourth-order valence-corrected chi connectivity index (χ4v) is 5.18. The first-order valence-electron chi connectivity index (χ1n) is 11.7. The van der Waals surface area contributed by atoms with Gasteiger partial charge in [-0.1, -0.05) is 30.3 Å². The number of ketones is 1. The van der Waals surface area contributed by atoms with E-state index in [4.69, 9.17) is 9.47 Å². The lowest BCUT2D eigenvalue weighted by Crippen LogP contribution is -2.39. The average Bonchev–Trinajstić information content (AvgIpc) is 2.75. The van der Waals surface area contributed by atoms with Crippen molar-refractivity contribution in [2.45, 2.75) is 64.4 Å². The maximum atomic E-state index is 12.2. The van der Waals surface area contributed by atoms with E-state index in [1.165, 1.54) is 12.5 Å². The smallest absolute Gasteiger partial charge is 0.308 e. The molecule has 2 aliphatic rings. The number of carbonyl (C=O) groups excluding carboxylic acids is 2. The van der Waals surface area contributed by atoms with Crippen molar-refractivity contribution >= 4 is 17.4 Å². The van der Waals surface area contributed by atoms with Crippen molar-refractivity contribution in [3.63, 3.8) is 0 Å². The molecule has 170 valence electrons. The van der Waals surface area contributed by atoms with Crippen LogP contribution in [0.1, 0.15) is 63.0 Å². The Balaban J connectivity index is 1.52. The summed E-state index contributed by atoms with van der Waals surface area (Å²) in [4.78, 5) is 26.3. The highest BCUT2D eigenvalue weighted by Gasteiger charge is 2.39. The molecular weight excluding hydrogens is 402 g/mol. The molecule has 1 saturated carbocycles. The van der Waals surface area contributed by atoms with E-state index in [1.54, 1.807) is 0 Å². The van der Waals surface area contributed by atoms with Crippen molar-refractivity contribution in [1.29, 1.82) is 0 Å². The molecule has 0 saturated heterocycles. The minimum Gasteiger partial charge on any atom is -0.491 e. The van der Waals surface area contributed by atoms with Crippen LogP contribution >= 0.6 is 0 Å². The third kappa shape index (κ3) is 5.14. The van der Waals surface area contributed by atoms with E-state index in [0.717, 1.165) is 43.5 Å². The number of ether oxygens (including phenoxy) is 2. The van der Waals surface area contributed by atoms with Crippen LogP contribution in [-0.2, 0) is 16.0 Å². The molecule has 0 N–H and O–H groups in total. The summed E-state index contributed by atoms with van der Waals surface area (Å²) >= 11 is 0. The highest BCUT2D eigenvalue weighted by Crippen LogP contribution is 2.50. The molecule has 0 spiro atoms. The zero-order valence-corrected chi connectivity index (χ0v) is 19.3. The Labute approximate surface area is 190 Å². The number of hydrogen-bond donors (Lipinski definition) is 0. The van der Waals surface area contributed by atoms with Gasteiger partial charge in [0.2, 0.25) is 0 Å². The summed E-state index contributed by atoms with van der Waals surface area (Å²) < 4.78 is 11.9. The molecule has 0 bridgehead atoms. The first-order valence-corrected chi connectivity index (χ1v) is 11.7. The van der Waals surface area contributed by atoms with Crippen LogP contribution < -0.4 is 14.4 Å². The topological polar surface area (TPSA) is 55.8 Å². The van der Waals surface area contributed by atoms with E-state index in [2.05, 4.69) is 43.1 Å². The lowest BCUT2D eigenvalue weighted by Gasteiger charge is -2.42. The molecular formula is C27H33NO4. The second kappa shape index (κ2) is 9.76. The van der Waals surface area contributed by atoms with Crippen LogP contribution in [0.25, 0.3) is 0 Å². The lowest BCUT2D eigenvalue weighted by atomic mass is 9.71. The summed E-state index contributed by atoms with van der Waals surface area (Å²) in [6, 6.07) is 14.4. The fraction of sp³-hybridized carbons (Fsp3) is 0.481. The summed E-state index contributed by atoms with van der Waals surface area (Å²) in [5, 5.41) is 0. The van der Waals surface area contributed by atoms with Gasteiger partial charge in [-0.15, -0.1) is 0 Å². The van der Waals surface area contributed by atoms with E-state index >= 15 is 0 Å². The van der Waals surface area contributed by atoms with Gasteiger partial charge >= 0.3 is 5.97 Å². The van der Waals surface area contributed by atoms with E-state index in [-0.39, 0.29) is 18.0 Å². The van der Waals surface area contributed by atoms with E-state index in [9.17, 15) is 9.59 Å². The summed E-state index contributed by atoms with van der Waals surface area (Å²) in [5.74, 6) is 1.70. The Morgan fingerprint density at radius 1 is 1.22 bits per heavy atom. The van der Waals surface area contributed by atoms with Crippen molar-refractivity contribution in [3.05, 3.63) is 53.6 Å². The molecule has 0 aromatic heterocycles. The quantitative estimate of drug-likeness (QED) is 0.436. The van der Waals surface area contributed by atoms with Crippen molar-refractivity contribution in [2.75, 3.05) is 18.5 Å². The number of esters is 1. The van der Waals surface area contributed by atoms with Crippen molar-refractivity contribution in [3.8, 4) is 11.5 Å². The molecule has 1 unspecified atom stereocenters. The number of Topliss-reactive ketones (excluding diaryl/α,β-unsaturated/α-hetero) is 1. The normalized spacial score (nSPS) is 20.8. The molecule has 1 aliphatic heterocycles. The fourth-order valence-electron chi connectivity index (χ4n) is 5.18. The van der Waals surface area contributed by atoms with Crippen LogP contribution in [0, 0.1) is 5.92 Å². The van der Waals surface area contributed by atoms with Gasteiger partial charge in [0.1, 0.15) is 17.3 Å². The molecule has 1 fully saturated rings. The first kappa shape index (κ1) is 22.4. The Hall–Kier alpha value is -2.82. The van der Waals surface area contributed by atoms with Gasteiger partial charge in [-0.3, -0.25) is 9.59 Å². The number of carbonyl (C=O) groups is 2. The maximum Gasteiger partial charge on any atom is 0.308 e.